The average molecular weight is 196 g/mol. The Bertz CT molecular complexity index is 251. The lowest BCUT2D eigenvalue weighted by Crippen LogP contribution is -2.04. The molecule has 0 saturated carbocycles. The van der Waals surface area contributed by atoms with Crippen molar-refractivity contribution in [2.24, 2.45) is 0 Å². The van der Waals surface area contributed by atoms with Crippen LogP contribution in [0.4, 0.5) is 0 Å². The second-order valence-electron chi connectivity index (χ2n) is 3.87. The SMILES string of the molecule is CC(=O)OCC(CC=C(C)C)=C(C)C. The molecule has 0 aliphatic heterocycles. The van der Waals surface area contributed by atoms with Crippen LogP contribution in [0, 0.1) is 0 Å². The summed E-state index contributed by atoms with van der Waals surface area (Å²) in [5, 5.41) is 0. The summed E-state index contributed by atoms with van der Waals surface area (Å²) in [6.45, 7) is 10.1. The molecule has 0 saturated heterocycles. The van der Waals surface area contributed by atoms with E-state index in [-0.39, 0.29) is 5.97 Å². The molecule has 0 atom stereocenters. The summed E-state index contributed by atoms with van der Waals surface area (Å²) in [4.78, 5) is 10.6. The number of ether oxygens (including phenoxy) is 1. The van der Waals surface area contributed by atoms with Crippen molar-refractivity contribution >= 4 is 5.97 Å². The molecule has 0 spiro atoms. The summed E-state index contributed by atoms with van der Waals surface area (Å²) in [5.74, 6) is -0.221. The van der Waals surface area contributed by atoms with Crippen LogP contribution in [0.25, 0.3) is 0 Å². The molecule has 0 fully saturated rings. The molecule has 0 aromatic carbocycles. The third kappa shape index (κ3) is 6.46. The van der Waals surface area contributed by atoms with Gasteiger partial charge in [0.25, 0.3) is 0 Å². The Morgan fingerprint density at radius 3 is 2.07 bits per heavy atom. The number of carbonyl (C=O) groups excluding carboxylic acids is 1. The van der Waals surface area contributed by atoms with Crippen LogP contribution in [-0.2, 0) is 9.53 Å². The van der Waals surface area contributed by atoms with E-state index < -0.39 is 0 Å². The molecule has 0 amide bonds. The maximum absolute atomic E-state index is 10.6. The van der Waals surface area contributed by atoms with Crippen LogP contribution in [-0.4, -0.2) is 12.6 Å². The van der Waals surface area contributed by atoms with Gasteiger partial charge in [-0.1, -0.05) is 17.2 Å². The van der Waals surface area contributed by atoms with Gasteiger partial charge >= 0.3 is 5.97 Å². The van der Waals surface area contributed by atoms with E-state index in [1.165, 1.54) is 23.6 Å². The minimum atomic E-state index is -0.221. The second-order valence-corrected chi connectivity index (χ2v) is 3.87. The van der Waals surface area contributed by atoms with Crippen LogP contribution in [0.2, 0.25) is 0 Å². The number of carbonyl (C=O) groups is 1. The summed E-state index contributed by atoms with van der Waals surface area (Å²) < 4.78 is 4.97. The summed E-state index contributed by atoms with van der Waals surface area (Å²) in [5.41, 5.74) is 3.69. The molecule has 0 aliphatic carbocycles. The molecule has 0 aliphatic rings. The molecule has 0 bridgehead atoms. The zero-order chi connectivity index (χ0) is 11.1. The molecule has 0 radical (unpaired) electrons. The predicted molar refractivity (Wildman–Crippen MR) is 59.1 cm³/mol. The fourth-order valence-corrected chi connectivity index (χ4v) is 0.923. The molecule has 0 aromatic heterocycles. The van der Waals surface area contributed by atoms with Crippen molar-refractivity contribution in [2.45, 2.75) is 41.0 Å². The summed E-state index contributed by atoms with van der Waals surface area (Å²) in [7, 11) is 0. The number of esters is 1. The largest absolute Gasteiger partial charge is 0.461 e. The molecule has 0 heterocycles. The fraction of sp³-hybridized carbons (Fsp3) is 0.583. The maximum Gasteiger partial charge on any atom is 0.302 e. The summed E-state index contributed by atoms with van der Waals surface area (Å²) >= 11 is 0. The minimum absolute atomic E-state index is 0.221. The molecule has 0 rings (SSSR count). The fourth-order valence-electron chi connectivity index (χ4n) is 0.923. The van der Waals surface area contributed by atoms with Gasteiger partial charge < -0.3 is 4.74 Å². The van der Waals surface area contributed by atoms with E-state index in [4.69, 9.17) is 4.74 Å². The highest BCUT2D eigenvalue weighted by atomic mass is 16.5. The predicted octanol–water partition coefficient (Wildman–Crippen LogP) is 3.24. The van der Waals surface area contributed by atoms with Crippen LogP contribution in [0.1, 0.15) is 41.0 Å². The van der Waals surface area contributed by atoms with E-state index in [2.05, 4.69) is 19.9 Å². The third-order valence-corrected chi connectivity index (χ3v) is 1.91. The molecular weight excluding hydrogens is 176 g/mol. The van der Waals surface area contributed by atoms with Crippen LogP contribution >= 0.6 is 0 Å². The molecule has 0 aromatic rings. The lowest BCUT2D eigenvalue weighted by Gasteiger charge is -2.07. The first-order valence-electron chi connectivity index (χ1n) is 4.85. The maximum atomic E-state index is 10.6. The molecule has 14 heavy (non-hydrogen) atoms. The summed E-state index contributed by atoms with van der Waals surface area (Å²) in [6.07, 6.45) is 3.02. The minimum Gasteiger partial charge on any atom is -0.461 e. The highest BCUT2D eigenvalue weighted by Crippen LogP contribution is 2.11. The monoisotopic (exact) mass is 196 g/mol. The van der Waals surface area contributed by atoms with Gasteiger partial charge in [0.05, 0.1) is 0 Å². The first-order chi connectivity index (χ1) is 6.43. The Hall–Kier alpha value is -1.05. The smallest absolute Gasteiger partial charge is 0.302 e. The average Bonchev–Trinajstić information content (AvgIpc) is 2.02. The first-order valence-corrected chi connectivity index (χ1v) is 4.85. The van der Waals surface area contributed by atoms with E-state index in [9.17, 15) is 4.79 Å². The van der Waals surface area contributed by atoms with Gasteiger partial charge in [-0.2, -0.15) is 0 Å². The number of allylic oxidation sites excluding steroid dienone is 3. The van der Waals surface area contributed by atoms with Gasteiger partial charge in [0.2, 0.25) is 0 Å². The molecule has 0 unspecified atom stereocenters. The Balaban J connectivity index is 4.27. The zero-order valence-electron chi connectivity index (χ0n) is 9.81. The van der Waals surface area contributed by atoms with E-state index in [1.807, 2.05) is 13.8 Å². The number of hydrogen-bond acceptors (Lipinski definition) is 2. The lowest BCUT2D eigenvalue weighted by atomic mass is 10.1. The van der Waals surface area contributed by atoms with Crippen molar-refractivity contribution < 1.29 is 9.53 Å². The molecule has 0 N–H and O–H groups in total. The Morgan fingerprint density at radius 1 is 1.14 bits per heavy atom. The normalized spacial score (nSPS) is 9.21. The van der Waals surface area contributed by atoms with Crippen molar-refractivity contribution in [1.82, 2.24) is 0 Å². The van der Waals surface area contributed by atoms with Crippen LogP contribution in [0.5, 0.6) is 0 Å². The molecule has 2 nitrogen and oxygen atoms in total. The zero-order valence-corrected chi connectivity index (χ0v) is 9.81. The van der Waals surface area contributed by atoms with Crippen LogP contribution in [0.3, 0.4) is 0 Å². The van der Waals surface area contributed by atoms with E-state index >= 15 is 0 Å². The molecular formula is C12H20O2. The molecule has 80 valence electrons. The number of rotatable bonds is 4. The quantitative estimate of drug-likeness (QED) is 0.509. The van der Waals surface area contributed by atoms with Gasteiger partial charge in [0, 0.05) is 6.92 Å². The lowest BCUT2D eigenvalue weighted by molar-refractivity contribution is -0.140. The van der Waals surface area contributed by atoms with Gasteiger partial charge in [-0.15, -0.1) is 0 Å². The Labute approximate surface area is 86.6 Å². The van der Waals surface area contributed by atoms with E-state index in [1.54, 1.807) is 0 Å². The van der Waals surface area contributed by atoms with Crippen molar-refractivity contribution in [3.8, 4) is 0 Å². The topological polar surface area (TPSA) is 26.3 Å². The highest BCUT2D eigenvalue weighted by Gasteiger charge is 2.00. The standard InChI is InChI=1S/C12H20O2/c1-9(2)6-7-12(10(3)4)8-14-11(5)13/h6H,7-8H2,1-5H3. The first kappa shape index (κ1) is 12.9. The van der Waals surface area contributed by atoms with Gasteiger partial charge in [0.1, 0.15) is 6.61 Å². The number of hydrogen-bond donors (Lipinski definition) is 0. The van der Waals surface area contributed by atoms with Crippen LogP contribution < -0.4 is 0 Å². The van der Waals surface area contributed by atoms with Crippen molar-refractivity contribution in [2.75, 3.05) is 6.61 Å². The Kier molecular flexibility index (Phi) is 5.93. The van der Waals surface area contributed by atoms with Gasteiger partial charge in [-0.3, -0.25) is 4.79 Å². The molecule has 2 heteroatoms. The Morgan fingerprint density at radius 2 is 1.71 bits per heavy atom. The van der Waals surface area contributed by atoms with Gasteiger partial charge in [-0.05, 0) is 39.7 Å². The third-order valence-electron chi connectivity index (χ3n) is 1.91. The van der Waals surface area contributed by atoms with Gasteiger partial charge in [-0.25, -0.2) is 0 Å². The second kappa shape index (κ2) is 6.41. The van der Waals surface area contributed by atoms with Crippen molar-refractivity contribution in [1.29, 1.82) is 0 Å². The van der Waals surface area contributed by atoms with Gasteiger partial charge in [0.15, 0.2) is 0 Å². The van der Waals surface area contributed by atoms with Crippen molar-refractivity contribution in [3.05, 3.63) is 22.8 Å². The summed E-state index contributed by atoms with van der Waals surface area (Å²) in [6, 6.07) is 0. The van der Waals surface area contributed by atoms with Crippen molar-refractivity contribution in [3.63, 3.8) is 0 Å². The highest BCUT2D eigenvalue weighted by molar-refractivity contribution is 5.66. The van der Waals surface area contributed by atoms with E-state index in [0.29, 0.717) is 6.61 Å². The van der Waals surface area contributed by atoms with Crippen LogP contribution in [0.15, 0.2) is 22.8 Å². The van der Waals surface area contributed by atoms with E-state index in [0.717, 1.165) is 6.42 Å².